The summed E-state index contributed by atoms with van der Waals surface area (Å²) in [4.78, 5) is 28.4. The molecular weight excluding hydrogens is 439 g/mol. The summed E-state index contributed by atoms with van der Waals surface area (Å²) in [5.41, 5.74) is 3.66. The van der Waals surface area contributed by atoms with Crippen LogP contribution in [0.2, 0.25) is 0 Å². The lowest BCUT2D eigenvalue weighted by molar-refractivity contribution is -0.141. The quantitative estimate of drug-likeness (QED) is 0.378. The molecular formula is C30H35FN2O2. The molecule has 0 fully saturated rings. The number of nitrogens with zero attached hydrogens (tertiary/aromatic N) is 1. The maximum atomic E-state index is 14.6. The van der Waals surface area contributed by atoms with Gasteiger partial charge in [-0.15, -0.1) is 0 Å². The van der Waals surface area contributed by atoms with Crippen molar-refractivity contribution in [3.63, 3.8) is 0 Å². The lowest BCUT2D eigenvalue weighted by Crippen LogP contribution is -2.50. The second kappa shape index (κ2) is 13.4. The smallest absolute Gasteiger partial charge is 0.243 e. The molecule has 0 aliphatic heterocycles. The molecule has 1 unspecified atom stereocenters. The minimum Gasteiger partial charge on any atom is -0.354 e. The monoisotopic (exact) mass is 474 g/mol. The topological polar surface area (TPSA) is 49.4 Å². The van der Waals surface area contributed by atoms with Gasteiger partial charge >= 0.3 is 0 Å². The SMILES string of the molecule is CCCNC(=O)C(Cc1ccccc1)N(Cc1ccccc1F)C(=O)CCc1ccc(CC)cc1. The van der Waals surface area contributed by atoms with Crippen LogP contribution in [0, 0.1) is 5.82 Å². The van der Waals surface area contributed by atoms with Gasteiger partial charge in [0.25, 0.3) is 0 Å². The molecule has 0 bridgehead atoms. The van der Waals surface area contributed by atoms with E-state index in [2.05, 4.69) is 24.4 Å². The summed E-state index contributed by atoms with van der Waals surface area (Å²) in [6, 6.07) is 23.6. The molecule has 0 saturated carbocycles. The molecule has 3 aromatic rings. The maximum Gasteiger partial charge on any atom is 0.243 e. The molecule has 4 nitrogen and oxygen atoms in total. The summed E-state index contributed by atoms with van der Waals surface area (Å²) in [6.45, 7) is 4.65. The summed E-state index contributed by atoms with van der Waals surface area (Å²) in [5.74, 6) is -0.763. The number of halogens is 1. The van der Waals surface area contributed by atoms with Crippen molar-refractivity contribution in [3.05, 3.63) is 107 Å². The van der Waals surface area contributed by atoms with Crippen LogP contribution in [0.5, 0.6) is 0 Å². The van der Waals surface area contributed by atoms with E-state index in [1.807, 2.05) is 49.4 Å². The highest BCUT2D eigenvalue weighted by atomic mass is 19.1. The van der Waals surface area contributed by atoms with Crippen molar-refractivity contribution in [3.8, 4) is 0 Å². The Kier molecular flexibility index (Phi) is 10.0. The number of amides is 2. The molecule has 0 radical (unpaired) electrons. The van der Waals surface area contributed by atoms with Crippen LogP contribution in [0.4, 0.5) is 4.39 Å². The zero-order valence-electron chi connectivity index (χ0n) is 20.7. The summed E-state index contributed by atoms with van der Waals surface area (Å²) in [7, 11) is 0. The Labute approximate surface area is 208 Å². The van der Waals surface area contributed by atoms with E-state index in [1.165, 1.54) is 11.6 Å². The molecule has 3 rings (SSSR count). The first-order valence-electron chi connectivity index (χ1n) is 12.4. The van der Waals surface area contributed by atoms with Crippen LogP contribution in [-0.4, -0.2) is 29.3 Å². The maximum absolute atomic E-state index is 14.6. The highest BCUT2D eigenvalue weighted by Crippen LogP contribution is 2.19. The summed E-state index contributed by atoms with van der Waals surface area (Å²) in [5, 5.41) is 2.95. The van der Waals surface area contributed by atoms with Crippen LogP contribution in [0.1, 0.15) is 48.9 Å². The highest BCUT2D eigenvalue weighted by molar-refractivity contribution is 5.88. The lowest BCUT2D eigenvalue weighted by Gasteiger charge is -2.32. The first kappa shape index (κ1) is 26.1. The second-order valence-electron chi connectivity index (χ2n) is 8.78. The van der Waals surface area contributed by atoms with Gasteiger partial charge in [-0.1, -0.05) is 86.6 Å². The molecule has 184 valence electrons. The van der Waals surface area contributed by atoms with Gasteiger partial charge < -0.3 is 10.2 Å². The van der Waals surface area contributed by atoms with E-state index >= 15 is 0 Å². The average molecular weight is 475 g/mol. The van der Waals surface area contributed by atoms with Crippen molar-refractivity contribution in [1.82, 2.24) is 10.2 Å². The third-order valence-corrected chi connectivity index (χ3v) is 6.18. The molecule has 1 N–H and O–H groups in total. The number of carbonyl (C=O) groups is 2. The fourth-order valence-corrected chi connectivity index (χ4v) is 4.07. The van der Waals surface area contributed by atoms with E-state index in [0.29, 0.717) is 24.9 Å². The molecule has 0 heterocycles. The third-order valence-electron chi connectivity index (χ3n) is 6.18. The van der Waals surface area contributed by atoms with Gasteiger partial charge in [-0.2, -0.15) is 0 Å². The van der Waals surface area contributed by atoms with Gasteiger partial charge in [0.1, 0.15) is 11.9 Å². The van der Waals surface area contributed by atoms with E-state index in [0.717, 1.165) is 24.0 Å². The number of aryl methyl sites for hydroxylation is 2. The number of rotatable bonds is 12. The van der Waals surface area contributed by atoms with Gasteiger partial charge in [-0.25, -0.2) is 4.39 Å². The number of hydrogen-bond acceptors (Lipinski definition) is 2. The molecule has 1 atom stereocenters. The van der Waals surface area contributed by atoms with E-state index in [-0.39, 0.29) is 30.6 Å². The number of nitrogens with one attached hydrogen (secondary N) is 1. The molecule has 3 aromatic carbocycles. The van der Waals surface area contributed by atoms with Gasteiger partial charge in [-0.3, -0.25) is 9.59 Å². The zero-order valence-corrected chi connectivity index (χ0v) is 20.7. The second-order valence-corrected chi connectivity index (χ2v) is 8.78. The van der Waals surface area contributed by atoms with Gasteiger partial charge in [0, 0.05) is 31.5 Å². The molecule has 0 aliphatic rings. The van der Waals surface area contributed by atoms with Crippen molar-refractivity contribution >= 4 is 11.8 Å². The standard InChI is InChI=1S/C30H35FN2O2/c1-3-20-32-30(35)28(21-25-10-6-5-7-11-25)33(22-26-12-8-9-13-27(26)31)29(34)19-18-24-16-14-23(4-2)15-17-24/h5-17,28H,3-4,18-22H2,1-2H3,(H,32,35). The average Bonchev–Trinajstić information content (AvgIpc) is 2.89. The van der Waals surface area contributed by atoms with Gasteiger partial charge in [0.2, 0.25) is 11.8 Å². The van der Waals surface area contributed by atoms with Gasteiger partial charge in [0.15, 0.2) is 0 Å². The Balaban J connectivity index is 1.88. The van der Waals surface area contributed by atoms with E-state index in [9.17, 15) is 14.0 Å². The minimum absolute atomic E-state index is 0.0390. The Hall–Kier alpha value is -3.47. The van der Waals surface area contributed by atoms with Crippen molar-refractivity contribution < 1.29 is 14.0 Å². The first-order valence-corrected chi connectivity index (χ1v) is 12.4. The van der Waals surface area contributed by atoms with Gasteiger partial charge in [-0.05, 0) is 42.0 Å². The van der Waals surface area contributed by atoms with Crippen LogP contribution in [-0.2, 0) is 35.4 Å². The van der Waals surface area contributed by atoms with Crippen LogP contribution in [0.3, 0.4) is 0 Å². The van der Waals surface area contributed by atoms with E-state index in [4.69, 9.17) is 0 Å². The van der Waals surface area contributed by atoms with Crippen molar-refractivity contribution in [2.45, 2.75) is 58.5 Å². The zero-order chi connectivity index (χ0) is 25.0. The normalized spacial score (nSPS) is 11.6. The molecule has 0 saturated heterocycles. The molecule has 0 aliphatic carbocycles. The lowest BCUT2D eigenvalue weighted by atomic mass is 10.0. The predicted octanol–water partition coefficient (Wildman–Crippen LogP) is 5.49. The first-order chi connectivity index (χ1) is 17.0. The van der Waals surface area contributed by atoms with Crippen molar-refractivity contribution in [2.75, 3.05) is 6.54 Å². The Morgan fingerprint density at radius 2 is 1.51 bits per heavy atom. The van der Waals surface area contributed by atoms with Crippen LogP contribution in [0.15, 0.2) is 78.9 Å². The Bertz CT molecular complexity index is 1080. The summed E-state index contributed by atoms with van der Waals surface area (Å²) >= 11 is 0. The van der Waals surface area contributed by atoms with Crippen molar-refractivity contribution in [2.24, 2.45) is 0 Å². The van der Waals surface area contributed by atoms with E-state index < -0.39 is 6.04 Å². The molecule has 5 heteroatoms. The summed E-state index contributed by atoms with van der Waals surface area (Å²) < 4.78 is 14.6. The fraction of sp³-hybridized carbons (Fsp3) is 0.333. The number of carbonyl (C=O) groups excluding carboxylic acids is 2. The van der Waals surface area contributed by atoms with E-state index in [1.54, 1.807) is 23.1 Å². The minimum atomic E-state index is -0.737. The van der Waals surface area contributed by atoms with Gasteiger partial charge in [0.05, 0.1) is 0 Å². The van der Waals surface area contributed by atoms with Crippen LogP contribution in [0.25, 0.3) is 0 Å². The van der Waals surface area contributed by atoms with Crippen LogP contribution < -0.4 is 5.32 Å². The number of hydrogen-bond donors (Lipinski definition) is 1. The molecule has 0 aromatic heterocycles. The molecule has 2 amide bonds. The third kappa shape index (κ3) is 7.78. The fourth-order valence-electron chi connectivity index (χ4n) is 4.07. The number of benzene rings is 3. The predicted molar refractivity (Wildman–Crippen MR) is 138 cm³/mol. The molecule has 35 heavy (non-hydrogen) atoms. The van der Waals surface area contributed by atoms with Crippen molar-refractivity contribution in [1.29, 1.82) is 0 Å². The van der Waals surface area contributed by atoms with Crippen LogP contribution >= 0.6 is 0 Å². The Morgan fingerprint density at radius 1 is 0.857 bits per heavy atom. The summed E-state index contributed by atoms with van der Waals surface area (Å²) in [6.07, 6.45) is 2.92. The Morgan fingerprint density at radius 3 is 2.17 bits per heavy atom. The molecule has 0 spiro atoms. The largest absolute Gasteiger partial charge is 0.354 e. The highest BCUT2D eigenvalue weighted by Gasteiger charge is 2.30.